The van der Waals surface area contributed by atoms with Crippen molar-refractivity contribution in [3.05, 3.63) is 74.6 Å². The van der Waals surface area contributed by atoms with Gasteiger partial charge in [0.25, 0.3) is 0 Å². The summed E-state index contributed by atoms with van der Waals surface area (Å²) in [6.45, 7) is 14.3. The maximum absolute atomic E-state index is 12.0. The van der Waals surface area contributed by atoms with Gasteiger partial charge in [0.15, 0.2) is 11.3 Å². The molecule has 4 heteroatoms. The molecule has 1 aromatic heterocycles. The van der Waals surface area contributed by atoms with Gasteiger partial charge in [-0.3, -0.25) is 4.79 Å². The van der Waals surface area contributed by atoms with Gasteiger partial charge in [-0.1, -0.05) is 62.3 Å². The number of ether oxygens (including phenoxy) is 1. The fraction of sp³-hybridized carbons (Fsp3) is 0.500. The van der Waals surface area contributed by atoms with Gasteiger partial charge in [0.05, 0.1) is 13.2 Å². The third-order valence-electron chi connectivity index (χ3n) is 5.14. The van der Waals surface area contributed by atoms with Crippen LogP contribution in [-0.2, 0) is 6.42 Å². The Morgan fingerprint density at radius 1 is 1.20 bits per heavy atom. The van der Waals surface area contributed by atoms with E-state index in [0.717, 1.165) is 28.8 Å². The maximum atomic E-state index is 12.0. The van der Waals surface area contributed by atoms with Crippen LogP contribution >= 0.6 is 0 Å². The van der Waals surface area contributed by atoms with Crippen molar-refractivity contribution in [3.8, 4) is 5.88 Å². The number of aromatic amines is 1. The summed E-state index contributed by atoms with van der Waals surface area (Å²) in [6, 6.07) is 1.48. The Morgan fingerprint density at radius 2 is 1.87 bits per heavy atom. The van der Waals surface area contributed by atoms with Crippen molar-refractivity contribution in [2.75, 3.05) is 7.11 Å². The summed E-state index contributed by atoms with van der Waals surface area (Å²) in [6.07, 6.45) is 11.6. The van der Waals surface area contributed by atoms with Crippen LogP contribution in [0.15, 0.2) is 58.0 Å². The molecular weight excluding hydrogens is 374 g/mol. The van der Waals surface area contributed by atoms with Gasteiger partial charge in [-0.05, 0) is 45.6 Å². The summed E-state index contributed by atoms with van der Waals surface area (Å²) in [7, 11) is 1.55. The number of aliphatic hydroxyl groups is 1. The number of pyridine rings is 1. The van der Waals surface area contributed by atoms with Crippen LogP contribution in [-0.4, -0.2) is 23.3 Å². The lowest BCUT2D eigenvalue weighted by molar-refractivity contribution is 0.172. The van der Waals surface area contributed by atoms with E-state index in [1.807, 2.05) is 20.8 Å². The fourth-order valence-electron chi connectivity index (χ4n) is 3.36. The van der Waals surface area contributed by atoms with Crippen LogP contribution in [0.4, 0.5) is 0 Å². The number of H-pyrrole nitrogens is 1. The number of hydrogen-bond donors (Lipinski definition) is 2. The Morgan fingerprint density at radius 3 is 2.47 bits per heavy atom. The lowest BCUT2D eigenvalue weighted by atomic mass is 9.94. The van der Waals surface area contributed by atoms with Gasteiger partial charge in [0, 0.05) is 29.7 Å². The predicted octanol–water partition coefficient (Wildman–Crippen LogP) is 5.67. The largest absolute Gasteiger partial charge is 0.482 e. The van der Waals surface area contributed by atoms with E-state index >= 15 is 0 Å². The van der Waals surface area contributed by atoms with Crippen molar-refractivity contribution in [1.82, 2.24) is 4.98 Å². The minimum Gasteiger partial charge on any atom is -0.482 e. The Kier molecular flexibility index (Phi) is 10.6. The molecular formula is C26H39NO3. The second-order valence-corrected chi connectivity index (χ2v) is 8.54. The molecule has 0 aliphatic rings. The zero-order valence-electron chi connectivity index (χ0n) is 19.9. The van der Waals surface area contributed by atoms with Crippen LogP contribution in [0.3, 0.4) is 0 Å². The highest BCUT2D eigenvalue weighted by Gasteiger charge is 2.13. The summed E-state index contributed by atoms with van der Waals surface area (Å²) < 4.78 is 5.16. The SMILES string of the molecule is COc1cc(=O)c(C)c(CC=C(C)CC=CC(C)=CC(C)C(O)C(C)=CC(C)C)[nH]1. The normalized spacial score (nSPS) is 15.7. The molecule has 0 amide bonds. The molecule has 0 saturated carbocycles. The van der Waals surface area contributed by atoms with Crippen LogP contribution in [0.1, 0.15) is 59.2 Å². The summed E-state index contributed by atoms with van der Waals surface area (Å²) in [5.41, 5.74) is 4.98. The molecule has 1 heterocycles. The number of hydrogen-bond acceptors (Lipinski definition) is 3. The quantitative estimate of drug-likeness (QED) is 0.383. The lowest BCUT2D eigenvalue weighted by Gasteiger charge is -2.18. The highest BCUT2D eigenvalue weighted by atomic mass is 16.5. The lowest BCUT2D eigenvalue weighted by Crippen LogP contribution is -2.17. The zero-order valence-corrected chi connectivity index (χ0v) is 19.9. The average Bonchev–Trinajstić information content (AvgIpc) is 2.67. The summed E-state index contributed by atoms with van der Waals surface area (Å²) >= 11 is 0. The van der Waals surface area contributed by atoms with Crippen molar-refractivity contribution in [2.45, 2.75) is 67.4 Å². The van der Waals surface area contributed by atoms with Crippen LogP contribution in [0.25, 0.3) is 0 Å². The first-order valence-corrected chi connectivity index (χ1v) is 10.7. The summed E-state index contributed by atoms with van der Waals surface area (Å²) in [4.78, 5) is 15.1. The van der Waals surface area contributed by atoms with E-state index in [9.17, 15) is 9.90 Å². The van der Waals surface area contributed by atoms with Crippen LogP contribution < -0.4 is 10.2 Å². The monoisotopic (exact) mass is 413 g/mol. The van der Waals surface area contributed by atoms with Gasteiger partial charge in [0.1, 0.15) is 0 Å². The highest BCUT2D eigenvalue weighted by molar-refractivity contribution is 5.27. The summed E-state index contributed by atoms with van der Waals surface area (Å²) in [5.74, 6) is 0.987. The number of aromatic nitrogens is 1. The molecule has 0 aliphatic heterocycles. The van der Waals surface area contributed by atoms with E-state index in [1.54, 1.807) is 7.11 Å². The van der Waals surface area contributed by atoms with Crippen molar-refractivity contribution < 1.29 is 9.84 Å². The predicted molar refractivity (Wildman–Crippen MR) is 127 cm³/mol. The molecule has 0 saturated heterocycles. The van der Waals surface area contributed by atoms with Crippen molar-refractivity contribution in [3.63, 3.8) is 0 Å². The first-order valence-electron chi connectivity index (χ1n) is 10.7. The van der Waals surface area contributed by atoms with E-state index in [1.165, 1.54) is 11.6 Å². The number of rotatable bonds is 10. The molecule has 4 nitrogen and oxygen atoms in total. The number of methoxy groups -OCH3 is 1. The van der Waals surface area contributed by atoms with E-state index in [2.05, 4.69) is 63.1 Å². The van der Waals surface area contributed by atoms with Crippen molar-refractivity contribution in [1.29, 1.82) is 0 Å². The standard InChI is InChI=1S/C26H39NO3/c1-17(2)14-20(5)26(29)21(6)15-19(4)11-9-10-18(3)12-13-23-22(7)24(28)16-25(27-23)30-8/h9,11-12,14-17,21,26,29H,10,13H2,1-8H3,(H,27,28). The molecule has 0 fully saturated rings. The molecule has 1 rings (SSSR count). The van der Waals surface area contributed by atoms with Gasteiger partial charge in [0.2, 0.25) is 0 Å². The van der Waals surface area contributed by atoms with Crippen molar-refractivity contribution >= 4 is 0 Å². The second-order valence-electron chi connectivity index (χ2n) is 8.54. The van der Waals surface area contributed by atoms with Gasteiger partial charge in [-0.25, -0.2) is 0 Å². The fourth-order valence-corrected chi connectivity index (χ4v) is 3.36. The maximum Gasteiger partial charge on any atom is 0.194 e. The topological polar surface area (TPSA) is 62.3 Å². The molecule has 0 aliphatic carbocycles. The number of nitrogens with one attached hydrogen (secondary N) is 1. The molecule has 2 N–H and O–H groups in total. The third kappa shape index (κ3) is 8.58. The van der Waals surface area contributed by atoms with Gasteiger partial charge in [-0.15, -0.1) is 0 Å². The minimum atomic E-state index is -0.453. The Hall–Kier alpha value is -2.33. The van der Waals surface area contributed by atoms with Crippen LogP contribution in [0.2, 0.25) is 0 Å². The van der Waals surface area contributed by atoms with E-state index in [0.29, 0.717) is 18.2 Å². The molecule has 0 aromatic carbocycles. The van der Waals surface area contributed by atoms with Crippen molar-refractivity contribution in [2.24, 2.45) is 11.8 Å². The molecule has 2 atom stereocenters. The first-order chi connectivity index (χ1) is 14.0. The van der Waals surface area contributed by atoms with Crippen LogP contribution in [0.5, 0.6) is 5.88 Å². The van der Waals surface area contributed by atoms with E-state index < -0.39 is 6.10 Å². The smallest absolute Gasteiger partial charge is 0.194 e. The molecule has 166 valence electrons. The zero-order chi connectivity index (χ0) is 22.8. The van der Waals surface area contributed by atoms with Gasteiger partial charge >= 0.3 is 0 Å². The molecule has 1 aromatic rings. The summed E-state index contributed by atoms with van der Waals surface area (Å²) in [5, 5.41) is 10.5. The minimum absolute atomic E-state index is 0.0119. The molecule has 30 heavy (non-hydrogen) atoms. The number of allylic oxidation sites excluding steroid dienone is 6. The van der Waals surface area contributed by atoms with Crippen LogP contribution in [0, 0.1) is 18.8 Å². The Bertz CT molecular complexity index is 869. The second kappa shape index (κ2) is 12.4. The molecule has 0 radical (unpaired) electrons. The Labute approximate surface area is 182 Å². The average molecular weight is 414 g/mol. The van der Waals surface area contributed by atoms with Gasteiger partial charge < -0.3 is 14.8 Å². The number of aliphatic hydroxyl groups excluding tert-OH is 1. The first kappa shape index (κ1) is 25.7. The van der Waals surface area contributed by atoms with E-state index in [4.69, 9.17) is 4.74 Å². The molecule has 0 spiro atoms. The van der Waals surface area contributed by atoms with E-state index in [-0.39, 0.29) is 11.3 Å². The Balaban J connectivity index is 2.71. The highest BCUT2D eigenvalue weighted by Crippen LogP contribution is 2.18. The molecule has 0 bridgehead atoms. The third-order valence-corrected chi connectivity index (χ3v) is 5.14. The van der Waals surface area contributed by atoms with Gasteiger partial charge in [-0.2, -0.15) is 0 Å². The molecule has 2 unspecified atom stereocenters.